The summed E-state index contributed by atoms with van der Waals surface area (Å²) in [4.78, 5) is 18.5. The molecule has 0 radical (unpaired) electrons. The first-order valence-corrected chi connectivity index (χ1v) is 8.44. The number of aliphatic hydroxyl groups is 1. The van der Waals surface area contributed by atoms with E-state index >= 15 is 0 Å². The van der Waals surface area contributed by atoms with E-state index in [1.165, 1.54) is 0 Å². The highest BCUT2D eigenvalue weighted by atomic mass is 16.3. The Morgan fingerprint density at radius 3 is 2.62 bits per heavy atom. The average molecular weight is 328 g/mol. The highest BCUT2D eigenvalue weighted by Gasteiger charge is 2.26. The number of amides is 1. The summed E-state index contributed by atoms with van der Waals surface area (Å²) in [7, 11) is 3.63. The molecule has 0 bridgehead atoms. The number of rotatable bonds is 4. The second-order valence-electron chi connectivity index (χ2n) is 6.62. The predicted molar refractivity (Wildman–Crippen MR) is 91.4 cm³/mol. The smallest absolute Gasteiger partial charge is 0.253 e. The molecule has 1 saturated carbocycles. The molecule has 0 saturated heterocycles. The van der Waals surface area contributed by atoms with E-state index in [4.69, 9.17) is 0 Å². The van der Waals surface area contributed by atoms with Crippen LogP contribution in [0.1, 0.15) is 36.0 Å². The fourth-order valence-corrected chi connectivity index (χ4v) is 3.29. The van der Waals surface area contributed by atoms with Gasteiger partial charge in [-0.1, -0.05) is 25.0 Å². The predicted octanol–water partition coefficient (Wildman–Crippen LogP) is 2.11. The van der Waals surface area contributed by atoms with E-state index in [-0.39, 0.29) is 17.9 Å². The van der Waals surface area contributed by atoms with E-state index in [0.717, 1.165) is 31.2 Å². The largest absolute Gasteiger partial charge is 0.393 e. The summed E-state index contributed by atoms with van der Waals surface area (Å²) in [6.07, 6.45) is 5.42. The molecule has 0 spiro atoms. The first kappa shape index (κ1) is 16.6. The zero-order valence-corrected chi connectivity index (χ0v) is 14.2. The highest BCUT2D eigenvalue weighted by molar-refractivity contribution is 5.94. The van der Waals surface area contributed by atoms with Gasteiger partial charge in [0.2, 0.25) is 0 Å². The maximum absolute atomic E-state index is 12.6. The SMILES string of the molecule is CN(CC1CCCCC1O)C(=O)c1ccc(-c2ncn(C)n2)cc1. The Kier molecular flexibility index (Phi) is 4.94. The van der Waals surface area contributed by atoms with Gasteiger partial charge in [0.25, 0.3) is 5.91 Å². The van der Waals surface area contributed by atoms with Crippen molar-refractivity contribution in [2.45, 2.75) is 31.8 Å². The number of carbonyl (C=O) groups is 1. The van der Waals surface area contributed by atoms with Gasteiger partial charge < -0.3 is 10.0 Å². The molecule has 0 aliphatic heterocycles. The van der Waals surface area contributed by atoms with Crippen LogP contribution in [0.4, 0.5) is 0 Å². The molecule has 2 unspecified atom stereocenters. The maximum Gasteiger partial charge on any atom is 0.253 e. The summed E-state index contributed by atoms with van der Waals surface area (Å²) in [6, 6.07) is 7.35. The first-order chi connectivity index (χ1) is 11.5. The number of hydrogen-bond donors (Lipinski definition) is 1. The van der Waals surface area contributed by atoms with Crippen LogP contribution in [0.2, 0.25) is 0 Å². The third kappa shape index (κ3) is 3.64. The zero-order chi connectivity index (χ0) is 17.1. The third-order valence-electron chi connectivity index (χ3n) is 4.71. The molecule has 1 aliphatic rings. The lowest BCUT2D eigenvalue weighted by molar-refractivity contribution is 0.0451. The summed E-state index contributed by atoms with van der Waals surface area (Å²) < 4.78 is 1.65. The lowest BCUT2D eigenvalue weighted by atomic mass is 9.86. The van der Waals surface area contributed by atoms with Gasteiger partial charge in [0.05, 0.1) is 6.10 Å². The van der Waals surface area contributed by atoms with Crippen LogP contribution in [-0.4, -0.2) is 50.4 Å². The van der Waals surface area contributed by atoms with E-state index in [1.54, 1.807) is 23.0 Å². The van der Waals surface area contributed by atoms with Crippen LogP contribution in [0, 0.1) is 5.92 Å². The molecule has 1 heterocycles. The third-order valence-corrected chi connectivity index (χ3v) is 4.71. The Labute approximate surface area is 142 Å². The molecule has 2 aromatic rings. The molecule has 1 fully saturated rings. The molecular weight excluding hydrogens is 304 g/mol. The molecule has 128 valence electrons. The van der Waals surface area contributed by atoms with Crippen molar-refractivity contribution in [1.82, 2.24) is 19.7 Å². The Morgan fingerprint density at radius 1 is 1.29 bits per heavy atom. The van der Waals surface area contributed by atoms with Crippen molar-refractivity contribution in [3.63, 3.8) is 0 Å². The lowest BCUT2D eigenvalue weighted by Gasteiger charge is -2.31. The Balaban J connectivity index is 1.65. The van der Waals surface area contributed by atoms with E-state index in [9.17, 15) is 9.90 Å². The monoisotopic (exact) mass is 328 g/mol. The van der Waals surface area contributed by atoms with Crippen LogP contribution < -0.4 is 0 Å². The number of carbonyl (C=O) groups excluding carboxylic acids is 1. The zero-order valence-electron chi connectivity index (χ0n) is 14.2. The Hall–Kier alpha value is -2.21. The van der Waals surface area contributed by atoms with Crippen LogP contribution in [0.15, 0.2) is 30.6 Å². The van der Waals surface area contributed by atoms with Gasteiger partial charge in [-0.25, -0.2) is 4.98 Å². The fraction of sp³-hybridized carbons (Fsp3) is 0.500. The van der Waals surface area contributed by atoms with E-state index in [0.29, 0.717) is 17.9 Å². The minimum atomic E-state index is -0.286. The van der Waals surface area contributed by atoms with Crippen molar-refractivity contribution in [1.29, 1.82) is 0 Å². The summed E-state index contributed by atoms with van der Waals surface area (Å²) in [5.74, 6) is 0.813. The van der Waals surface area contributed by atoms with Crippen molar-refractivity contribution < 1.29 is 9.90 Å². The van der Waals surface area contributed by atoms with Crippen LogP contribution in [0.25, 0.3) is 11.4 Å². The van der Waals surface area contributed by atoms with Gasteiger partial charge in [0, 0.05) is 37.7 Å². The number of hydrogen-bond acceptors (Lipinski definition) is 4. The number of aliphatic hydroxyl groups excluding tert-OH is 1. The average Bonchev–Trinajstić information content (AvgIpc) is 3.03. The van der Waals surface area contributed by atoms with Gasteiger partial charge >= 0.3 is 0 Å². The summed E-state index contributed by atoms with van der Waals surface area (Å²) in [6.45, 7) is 0.601. The molecule has 1 aromatic carbocycles. The fourth-order valence-electron chi connectivity index (χ4n) is 3.29. The molecule has 2 atom stereocenters. The quantitative estimate of drug-likeness (QED) is 0.933. The van der Waals surface area contributed by atoms with E-state index < -0.39 is 0 Å². The minimum absolute atomic E-state index is 0.0201. The lowest BCUT2D eigenvalue weighted by Crippen LogP contribution is -2.38. The summed E-state index contributed by atoms with van der Waals surface area (Å²) in [5, 5.41) is 14.3. The van der Waals surface area contributed by atoms with Gasteiger partial charge in [0.15, 0.2) is 5.82 Å². The standard InChI is InChI=1S/C18H24N4O2/c1-21(11-15-5-3-4-6-16(15)23)18(24)14-9-7-13(8-10-14)17-19-12-22(2)20-17/h7-10,12,15-16,23H,3-6,11H2,1-2H3. The molecule has 1 aliphatic carbocycles. The first-order valence-electron chi connectivity index (χ1n) is 8.44. The topological polar surface area (TPSA) is 71.2 Å². The van der Waals surface area contributed by atoms with Crippen LogP contribution in [0.5, 0.6) is 0 Å². The molecule has 6 heteroatoms. The number of nitrogens with zero attached hydrogens (tertiary/aromatic N) is 4. The number of aryl methyl sites for hydroxylation is 1. The van der Waals surface area contributed by atoms with Gasteiger partial charge in [-0.15, -0.1) is 0 Å². The van der Waals surface area contributed by atoms with E-state index in [1.807, 2.05) is 31.3 Å². The van der Waals surface area contributed by atoms with Crippen molar-refractivity contribution in [3.8, 4) is 11.4 Å². The van der Waals surface area contributed by atoms with Gasteiger partial charge in [-0.3, -0.25) is 9.48 Å². The van der Waals surface area contributed by atoms with Crippen molar-refractivity contribution in [2.75, 3.05) is 13.6 Å². The number of benzene rings is 1. The molecule has 6 nitrogen and oxygen atoms in total. The summed E-state index contributed by atoms with van der Waals surface area (Å²) >= 11 is 0. The van der Waals surface area contributed by atoms with Crippen molar-refractivity contribution in [2.24, 2.45) is 13.0 Å². The maximum atomic E-state index is 12.6. The highest BCUT2D eigenvalue weighted by Crippen LogP contribution is 2.25. The molecule has 24 heavy (non-hydrogen) atoms. The number of aromatic nitrogens is 3. The Morgan fingerprint density at radius 2 is 2.00 bits per heavy atom. The van der Waals surface area contributed by atoms with Crippen LogP contribution in [-0.2, 0) is 7.05 Å². The second kappa shape index (κ2) is 7.13. The molecular formula is C18H24N4O2. The van der Waals surface area contributed by atoms with Gasteiger partial charge in [0.1, 0.15) is 6.33 Å². The normalized spacial score (nSPS) is 20.8. The van der Waals surface area contributed by atoms with Crippen molar-refractivity contribution >= 4 is 5.91 Å². The molecule has 3 rings (SSSR count). The van der Waals surface area contributed by atoms with Gasteiger partial charge in [-0.2, -0.15) is 5.10 Å². The molecule has 1 amide bonds. The molecule has 1 aromatic heterocycles. The summed E-state index contributed by atoms with van der Waals surface area (Å²) in [5.41, 5.74) is 1.53. The van der Waals surface area contributed by atoms with Crippen LogP contribution >= 0.6 is 0 Å². The second-order valence-corrected chi connectivity index (χ2v) is 6.62. The minimum Gasteiger partial charge on any atom is -0.393 e. The van der Waals surface area contributed by atoms with Gasteiger partial charge in [-0.05, 0) is 25.0 Å². The van der Waals surface area contributed by atoms with Crippen LogP contribution in [0.3, 0.4) is 0 Å². The van der Waals surface area contributed by atoms with E-state index in [2.05, 4.69) is 10.1 Å². The van der Waals surface area contributed by atoms with Crippen molar-refractivity contribution in [3.05, 3.63) is 36.2 Å². The Bertz CT molecular complexity index is 695. The molecule has 1 N–H and O–H groups in total.